The molecule has 1 atom stereocenters. The fourth-order valence-electron chi connectivity index (χ4n) is 2.05. The van der Waals surface area contributed by atoms with Crippen molar-refractivity contribution in [2.75, 3.05) is 6.61 Å². The number of hydrogen-bond donors (Lipinski definition) is 1. The summed E-state index contributed by atoms with van der Waals surface area (Å²) in [5.41, 5.74) is 7.83. The highest BCUT2D eigenvalue weighted by molar-refractivity contribution is 5.99. The number of carbonyl (C=O) groups is 1. The molecule has 3 heteroatoms. The van der Waals surface area contributed by atoms with E-state index in [0.29, 0.717) is 18.6 Å². The molecule has 1 aliphatic rings. The average molecular weight is 247 g/mol. The lowest BCUT2D eigenvalue weighted by molar-refractivity contribution is 0.0950. The molecule has 1 aromatic rings. The number of ether oxygens (including phenoxy) is 1. The van der Waals surface area contributed by atoms with Crippen LogP contribution in [0.15, 0.2) is 18.2 Å². The summed E-state index contributed by atoms with van der Waals surface area (Å²) in [5.74, 6) is 0.847. The number of rotatable bonds is 3. The Balaban J connectivity index is 2.18. The fourth-order valence-corrected chi connectivity index (χ4v) is 2.05. The molecule has 0 saturated carbocycles. The molecule has 3 nitrogen and oxygen atoms in total. The van der Waals surface area contributed by atoms with Crippen molar-refractivity contribution in [1.29, 1.82) is 0 Å². The molecule has 0 aromatic heterocycles. The third kappa shape index (κ3) is 2.56. The zero-order chi connectivity index (χ0) is 13.3. The Bertz CT molecular complexity index is 460. The van der Waals surface area contributed by atoms with Crippen LogP contribution in [0.25, 0.3) is 0 Å². The third-order valence-corrected chi connectivity index (χ3v) is 3.53. The number of Topliss-reactive ketones (excluding diaryl/α,β-unsaturated/α-hetero) is 1. The zero-order valence-corrected chi connectivity index (χ0v) is 11.3. The highest BCUT2D eigenvalue weighted by Crippen LogP contribution is 2.31. The van der Waals surface area contributed by atoms with Crippen LogP contribution in [0, 0.1) is 5.41 Å². The maximum Gasteiger partial charge on any atom is 0.168 e. The largest absolute Gasteiger partial charge is 0.492 e. The van der Waals surface area contributed by atoms with Gasteiger partial charge in [-0.15, -0.1) is 0 Å². The Morgan fingerprint density at radius 1 is 1.44 bits per heavy atom. The van der Waals surface area contributed by atoms with Crippen LogP contribution >= 0.6 is 0 Å². The number of nitrogens with two attached hydrogens (primary N) is 1. The van der Waals surface area contributed by atoms with Crippen LogP contribution < -0.4 is 10.5 Å². The first-order valence-electron chi connectivity index (χ1n) is 6.43. The van der Waals surface area contributed by atoms with E-state index in [2.05, 4.69) is 20.8 Å². The maximum absolute atomic E-state index is 12.3. The van der Waals surface area contributed by atoms with E-state index < -0.39 is 0 Å². The van der Waals surface area contributed by atoms with Crippen molar-refractivity contribution in [2.45, 2.75) is 39.7 Å². The molecule has 1 aromatic carbocycles. The van der Waals surface area contributed by atoms with Gasteiger partial charge in [0, 0.05) is 18.9 Å². The van der Waals surface area contributed by atoms with E-state index in [0.717, 1.165) is 17.7 Å². The molecule has 0 spiro atoms. The first-order valence-corrected chi connectivity index (χ1v) is 6.43. The van der Waals surface area contributed by atoms with Crippen LogP contribution in [0.3, 0.4) is 0 Å². The summed E-state index contributed by atoms with van der Waals surface area (Å²) in [6, 6.07) is 5.64. The van der Waals surface area contributed by atoms with Crippen LogP contribution in [-0.4, -0.2) is 18.4 Å². The lowest BCUT2D eigenvalue weighted by atomic mass is 9.83. The highest BCUT2D eigenvalue weighted by Gasteiger charge is 2.26. The molecule has 1 aliphatic heterocycles. The van der Waals surface area contributed by atoms with E-state index in [9.17, 15) is 4.79 Å². The summed E-state index contributed by atoms with van der Waals surface area (Å²) in [6.45, 7) is 6.83. The number of benzene rings is 1. The van der Waals surface area contributed by atoms with Gasteiger partial charge < -0.3 is 10.5 Å². The smallest absolute Gasteiger partial charge is 0.168 e. The Kier molecular flexibility index (Phi) is 3.44. The lowest BCUT2D eigenvalue weighted by Crippen LogP contribution is -2.37. The maximum atomic E-state index is 12.3. The molecular formula is C15H21NO2. The topological polar surface area (TPSA) is 52.3 Å². The molecule has 2 N–H and O–H groups in total. The molecule has 18 heavy (non-hydrogen) atoms. The summed E-state index contributed by atoms with van der Waals surface area (Å²) >= 11 is 0. The van der Waals surface area contributed by atoms with Gasteiger partial charge >= 0.3 is 0 Å². The summed E-state index contributed by atoms with van der Waals surface area (Å²) in [4.78, 5) is 12.3. The molecule has 0 fully saturated rings. The van der Waals surface area contributed by atoms with Crippen molar-refractivity contribution in [3.63, 3.8) is 0 Å². The van der Waals surface area contributed by atoms with Crippen molar-refractivity contribution in [3.8, 4) is 5.75 Å². The summed E-state index contributed by atoms with van der Waals surface area (Å²) < 4.78 is 5.56. The number of ketones is 1. The predicted octanol–water partition coefficient (Wildman–Crippen LogP) is 2.57. The van der Waals surface area contributed by atoms with Gasteiger partial charge in [-0.1, -0.05) is 32.9 Å². The van der Waals surface area contributed by atoms with Gasteiger partial charge in [0.25, 0.3) is 0 Å². The molecule has 2 rings (SSSR count). The minimum atomic E-state index is -0.137. The Hall–Kier alpha value is -1.35. The van der Waals surface area contributed by atoms with Crippen LogP contribution in [0.2, 0.25) is 0 Å². The van der Waals surface area contributed by atoms with E-state index >= 15 is 0 Å². The van der Waals surface area contributed by atoms with E-state index in [4.69, 9.17) is 10.5 Å². The monoisotopic (exact) mass is 247 g/mol. The SMILES string of the molecule is CC(C)(C)C(N)CC(=O)c1cccc2c1OCC2. The first kappa shape index (κ1) is 13.1. The molecular weight excluding hydrogens is 226 g/mol. The minimum absolute atomic E-state index is 0.0610. The molecule has 0 saturated heterocycles. The van der Waals surface area contributed by atoms with E-state index in [1.165, 1.54) is 0 Å². The quantitative estimate of drug-likeness (QED) is 0.835. The van der Waals surface area contributed by atoms with Gasteiger partial charge in [-0.3, -0.25) is 4.79 Å². The van der Waals surface area contributed by atoms with Crippen molar-refractivity contribution >= 4 is 5.78 Å². The minimum Gasteiger partial charge on any atom is -0.492 e. The van der Waals surface area contributed by atoms with Gasteiger partial charge in [-0.05, 0) is 17.0 Å². The van der Waals surface area contributed by atoms with Crippen LogP contribution in [0.4, 0.5) is 0 Å². The fraction of sp³-hybridized carbons (Fsp3) is 0.533. The highest BCUT2D eigenvalue weighted by atomic mass is 16.5. The normalized spacial score (nSPS) is 16.0. The van der Waals surface area contributed by atoms with Gasteiger partial charge in [0.2, 0.25) is 0 Å². The second-order valence-corrected chi connectivity index (χ2v) is 5.99. The lowest BCUT2D eigenvalue weighted by Gasteiger charge is -2.26. The molecule has 1 unspecified atom stereocenters. The average Bonchev–Trinajstić information content (AvgIpc) is 2.74. The van der Waals surface area contributed by atoms with Crippen molar-refractivity contribution in [1.82, 2.24) is 0 Å². The Labute approximate surface area is 108 Å². The van der Waals surface area contributed by atoms with Crippen LogP contribution in [0.1, 0.15) is 43.1 Å². The van der Waals surface area contributed by atoms with Crippen LogP contribution in [-0.2, 0) is 6.42 Å². The van der Waals surface area contributed by atoms with E-state index in [1.54, 1.807) is 0 Å². The Morgan fingerprint density at radius 3 is 2.83 bits per heavy atom. The standard InChI is InChI=1S/C15H21NO2/c1-15(2,3)13(16)9-12(17)11-6-4-5-10-7-8-18-14(10)11/h4-6,13H,7-9,16H2,1-3H3. The first-order chi connectivity index (χ1) is 8.39. The van der Waals surface area contributed by atoms with Gasteiger partial charge in [0.05, 0.1) is 12.2 Å². The molecule has 0 radical (unpaired) electrons. The summed E-state index contributed by atoms with van der Waals surface area (Å²) in [6.07, 6.45) is 1.26. The second-order valence-electron chi connectivity index (χ2n) is 5.99. The zero-order valence-electron chi connectivity index (χ0n) is 11.3. The summed E-state index contributed by atoms with van der Waals surface area (Å²) in [7, 11) is 0. The Morgan fingerprint density at radius 2 is 2.17 bits per heavy atom. The number of fused-ring (bicyclic) bond motifs is 1. The molecule has 98 valence electrons. The van der Waals surface area contributed by atoms with Gasteiger partial charge in [-0.2, -0.15) is 0 Å². The van der Waals surface area contributed by atoms with Gasteiger partial charge in [0.15, 0.2) is 5.78 Å². The number of para-hydroxylation sites is 1. The van der Waals surface area contributed by atoms with Gasteiger partial charge in [0.1, 0.15) is 5.75 Å². The van der Waals surface area contributed by atoms with Crippen molar-refractivity contribution < 1.29 is 9.53 Å². The molecule has 1 heterocycles. The van der Waals surface area contributed by atoms with Crippen LogP contribution in [0.5, 0.6) is 5.75 Å². The molecule has 0 aliphatic carbocycles. The van der Waals surface area contributed by atoms with E-state index in [1.807, 2.05) is 18.2 Å². The molecule has 0 amide bonds. The summed E-state index contributed by atoms with van der Waals surface area (Å²) in [5, 5.41) is 0. The van der Waals surface area contributed by atoms with Crippen molar-refractivity contribution in [2.24, 2.45) is 11.1 Å². The number of hydrogen-bond acceptors (Lipinski definition) is 3. The van der Waals surface area contributed by atoms with Gasteiger partial charge in [-0.25, -0.2) is 0 Å². The predicted molar refractivity (Wildman–Crippen MR) is 72.0 cm³/mol. The second kappa shape index (κ2) is 4.73. The van der Waals surface area contributed by atoms with Crippen molar-refractivity contribution in [3.05, 3.63) is 29.3 Å². The third-order valence-electron chi connectivity index (χ3n) is 3.53. The molecule has 0 bridgehead atoms. The number of carbonyl (C=O) groups excluding carboxylic acids is 1. The van der Waals surface area contributed by atoms with E-state index in [-0.39, 0.29) is 17.2 Å².